The van der Waals surface area contributed by atoms with E-state index in [1.54, 1.807) is 0 Å². The molecule has 0 aromatic carbocycles. The molecule has 6 heteroatoms. The largest absolute Gasteiger partial charge is 0.378 e. The molecular formula is C15H22N4O2. The van der Waals surface area contributed by atoms with Crippen molar-refractivity contribution in [1.29, 1.82) is 0 Å². The van der Waals surface area contributed by atoms with Crippen molar-refractivity contribution in [1.82, 2.24) is 14.9 Å². The maximum Gasteiger partial charge on any atom is 0.272 e. The van der Waals surface area contributed by atoms with Crippen LogP contribution in [0.15, 0.2) is 12.4 Å². The van der Waals surface area contributed by atoms with Crippen LogP contribution < -0.4 is 4.90 Å². The third kappa shape index (κ3) is 3.50. The van der Waals surface area contributed by atoms with E-state index in [0.29, 0.717) is 18.9 Å². The molecule has 0 spiro atoms. The van der Waals surface area contributed by atoms with Gasteiger partial charge in [-0.05, 0) is 12.8 Å². The number of hydrogen-bond acceptors (Lipinski definition) is 5. The Morgan fingerprint density at radius 1 is 1.00 bits per heavy atom. The summed E-state index contributed by atoms with van der Waals surface area (Å²) >= 11 is 0. The van der Waals surface area contributed by atoms with Crippen molar-refractivity contribution in [3.05, 3.63) is 18.1 Å². The summed E-state index contributed by atoms with van der Waals surface area (Å²) in [5.41, 5.74) is 0.508. The zero-order chi connectivity index (χ0) is 14.5. The SMILES string of the molecule is O=C(c1cc(N2CCOCC2)ncn1)N1CCCCCC1. The van der Waals surface area contributed by atoms with Crippen LogP contribution in [0, 0.1) is 0 Å². The molecule has 1 amide bonds. The zero-order valence-corrected chi connectivity index (χ0v) is 12.3. The summed E-state index contributed by atoms with van der Waals surface area (Å²) < 4.78 is 5.35. The highest BCUT2D eigenvalue weighted by molar-refractivity contribution is 5.92. The van der Waals surface area contributed by atoms with E-state index in [-0.39, 0.29) is 5.91 Å². The first-order chi connectivity index (χ1) is 10.3. The molecule has 3 heterocycles. The summed E-state index contributed by atoms with van der Waals surface area (Å²) in [6, 6.07) is 1.82. The average Bonchev–Trinajstić information content (AvgIpc) is 2.84. The Hall–Kier alpha value is -1.69. The smallest absolute Gasteiger partial charge is 0.272 e. The average molecular weight is 290 g/mol. The fraction of sp³-hybridized carbons (Fsp3) is 0.667. The summed E-state index contributed by atoms with van der Waals surface area (Å²) in [7, 11) is 0. The van der Waals surface area contributed by atoms with Crippen LogP contribution in [-0.2, 0) is 4.74 Å². The Balaban J connectivity index is 1.73. The van der Waals surface area contributed by atoms with Gasteiger partial charge in [0.2, 0.25) is 0 Å². The van der Waals surface area contributed by atoms with Gasteiger partial charge in [0.1, 0.15) is 17.8 Å². The van der Waals surface area contributed by atoms with Crippen LogP contribution in [0.4, 0.5) is 5.82 Å². The molecular weight excluding hydrogens is 268 g/mol. The maximum absolute atomic E-state index is 12.6. The zero-order valence-electron chi connectivity index (χ0n) is 12.3. The van der Waals surface area contributed by atoms with Gasteiger partial charge in [0.15, 0.2) is 0 Å². The van der Waals surface area contributed by atoms with Gasteiger partial charge in [-0.25, -0.2) is 9.97 Å². The number of amides is 1. The highest BCUT2D eigenvalue weighted by atomic mass is 16.5. The number of ether oxygens (including phenoxy) is 1. The highest BCUT2D eigenvalue weighted by Crippen LogP contribution is 2.16. The summed E-state index contributed by atoms with van der Waals surface area (Å²) in [6.45, 7) is 4.73. The number of anilines is 1. The van der Waals surface area contributed by atoms with Gasteiger partial charge in [0.05, 0.1) is 13.2 Å². The number of carbonyl (C=O) groups is 1. The van der Waals surface area contributed by atoms with Gasteiger partial charge < -0.3 is 14.5 Å². The molecule has 2 aliphatic rings. The normalized spacial score (nSPS) is 20.2. The monoisotopic (exact) mass is 290 g/mol. The number of hydrogen-bond donors (Lipinski definition) is 0. The molecule has 0 N–H and O–H groups in total. The highest BCUT2D eigenvalue weighted by Gasteiger charge is 2.20. The molecule has 1 aromatic rings. The number of nitrogens with zero attached hydrogens (tertiary/aromatic N) is 4. The first kappa shape index (κ1) is 14.3. The molecule has 1 aromatic heterocycles. The summed E-state index contributed by atoms with van der Waals surface area (Å²) in [6.07, 6.45) is 6.11. The van der Waals surface area contributed by atoms with E-state index >= 15 is 0 Å². The van der Waals surface area contributed by atoms with E-state index < -0.39 is 0 Å². The molecule has 0 radical (unpaired) electrons. The molecule has 2 aliphatic heterocycles. The van der Waals surface area contributed by atoms with Gasteiger partial charge in [-0.3, -0.25) is 4.79 Å². The Labute approximate surface area is 125 Å². The Kier molecular flexibility index (Phi) is 4.65. The van der Waals surface area contributed by atoms with Gasteiger partial charge in [-0.1, -0.05) is 12.8 Å². The van der Waals surface area contributed by atoms with Crippen LogP contribution in [0.3, 0.4) is 0 Å². The van der Waals surface area contributed by atoms with E-state index in [1.165, 1.54) is 19.2 Å². The van der Waals surface area contributed by atoms with E-state index in [1.807, 2.05) is 11.0 Å². The van der Waals surface area contributed by atoms with Gasteiger partial charge in [-0.2, -0.15) is 0 Å². The van der Waals surface area contributed by atoms with Crippen molar-refractivity contribution >= 4 is 11.7 Å². The van der Waals surface area contributed by atoms with Crippen LogP contribution in [0.1, 0.15) is 36.2 Å². The minimum atomic E-state index is 0.0359. The summed E-state index contributed by atoms with van der Waals surface area (Å²) in [4.78, 5) is 25.1. The molecule has 114 valence electrons. The second-order valence-electron chi connectivity index (χ2n) is 5.57. The minimum absolute atomic E-state index is 0.0359. The van der Waals surface area contributed by atoms with E-state index in [0.717, 1.165) is 44.8 Å². The molecule has 0 aliphatic carbocycles. The minimum Gasteiger partial charge on any atom is -0.378 e. The number of likely N-dealkylation sites (tertiary alicyclic amines) is 1. The molecule has 0 unspecified atom stereocenters. The second-order valence-corrected chi connectivity index (χ2v) is 5.57. The predicted molar refractivity (Wildman–Crippen MR) is 79.4 cm³/mol. The molecule has 21 heavy (non-hydrogen) atoms. The van der Waals surface area contributed by atoms with Gasteiger partial charge in [0.25, 0.3) is 5.91 Å². The van der Waals surface area contributed by atoms with E-state index in [2.05, 4.69) is 14.9 Å². The lowest BCUT2D eigenvalue weighted by Crippen LogP contribution is -2.37. The predicted octanol–water partition coefficient (Wildman–Crippen LogP) is 1.33. The Morgan fingerprint density at radius 3 is 2.43 bits per heavy atom. The molecule has 2 fully saturated rings. The number of morpholine rings is 1. The summed E-state index contributed by atoms with van der Waals surface area (Å²) in [5, 5.41) is 0. The molecule has 6 nitrogen and oxygen atoms in total. The molecule has 0 saturated carbocycles. The third-order valence-corrected chi connectivity index (χ3v) is 4.10. The molecule has 2 saturated heterocycles. The molecule has 0 bridgehead atoms. The van der Waals surface area contributed by atoms with Crippen LogP contribution in [0.5, 0.6) is 0 Å². The van der Waals surface area contributed by atoms with E-state index in [9.17, 15) is 4.79 Å². The van der Waals surface area contributed by atoms with Crippen LogP contribution in [0.25, 0.3) is 0 Å². The lowest BCUT2D eigenvalue weighted by Gasteiger charge is -2.28. The first-order valence-electron chi connectivity index (χ1n) is 7.78. The van der Waals surface area contributed by atoms with Crippen molar-refractivity contribution < 1.29 is 9.53 Å². The van der Waals surface area contributed by atoms with Crippen LogP contribution >= 0.6 is 0 Å². The number of carbonyl (C=O) groups excluding carboxylic acids is 1. The Bertz CT molecular complexity index is 480. The van der Waals surface area contributed by atoms with Crippen molar-refractivity contribution in [2.24, 2.45) is 0 Å². The maximum atomic E-state index is 12.6. The van der Waals surface area contributed by atoms with Crippen LogP contribution in [-0.4, -0.2) is 60.2 Å². The fourth-order valence-corrected chi connectivity index (χ4v) is 2.87. The topological polar surface area (TPSA) is 58.6 Å². The number of aromatic nitrogens is 2. The third-order valence-electron chi connectivity index (χ3n) is 4.10. The van der Waals surface area contributed by atoms with Gasteiger partial charge in [-0.15, -0.1) is 0 Å². The Morgan fingerprint density at radius 2 is 1.71 bits per heavy atom. The van der Waals surface area contributed by atoms with Crippen molar-refractivity contribution in [2.45, 2.75) is 25.7 Å². The van der Waals surface area contributed by atoms with Gasteiger partial charge in [0, 0.05) is 32.2 Å². The van der Waals surface area contributed by atoms with Crippen molar-refractivity contribution in [2.75, 3.05) is 44.3 Å². The molecule has 0 atom stereocenters. The van der Waals surface area contributed by atoms with Gasteiger partial charge >= 0.3 is 0 Å². The molecule has 3 rings (SSSR count). The summed E-state index contributed by atoms with van der Waals surface area (Å²) in [5.74, 6) is 0.861. The number of rotatable bonds is 2. The van der Waals surface area contributed by atoms with Crippen molar-refractivity contribution in [3.63, 3.8) is 0 Å². The second kappa shape index (κ2) is 6.85. The van der Waals surface area contributed by atoms with E-state index in [4.69, 9.17) is 4.74 Å². The van der Waals surface area contributed by atoms with Crippen LogP contribution in [0.2, 0.25) is 0 Å². The lowest BCUT2D eigenvalue weighted by molar-refractivity contribution is 0.0755. The standard InChI is InChI=1S/C15H22N4O2/c20-15(19-5-3-1-2-4-6-19)13-11-14(17-12-16-13)18-7-9-21-10-8-18/h11-12H,1-10H2. The quantitative estimate of drug-likeness (QED) is 0.822. The van der Waals surface area contributed by atoms with Crippen molar-refractivity contribution in [3.8, 4) is 0 Å². The fourth-order valence-electron chi connectivity index (χ4n) is 2.87. The first-order valence-corrected chi connectivity index (χ1v) is 7.78. The lowest BCUT2D eigenvalue weighted by atomic mass is 10.2.